The Hall–Kier alpha value is -0.800. The Labute approximate surface area is 83.3 Å². The van der Waals surface area contributed by atoms with Gasteiger partial charge in [-0.1, -0.05) is 12.1 Å². The van der Waals surface area contributed by atoms with E-state index >= 15 is 0 Å². The monoisotopic (exact) mass is 205 g/mol. The molecule has 0 aliphatic rings. The van der Waals surface area contributed by atoms with Crippen LogP contribution in [0.3, 0.4) is 0 Å². The normalized spacial score (nSPS) is 9.15. The van der Waals surface area contributed by atoms with E-state index in [1.807, 2.05) is 6.07 Å². The zero-order valence-corrected chi connectivity index (χ0v) is 8.23. The number of benzene rings is 1. The summed E-state index contributed by atoms with van der Waals surface area (Å²) in [4.78, 5) is 0. The van der Waals surface area contributed by atoms with Crippen molar-refractivity contribution in [3.8, 4) is 5.75 Å². The molecular formula is C9H13ClFNO. The van der Waals surface area contributed by atoms with Crippen molar-refractivity contribution in [1.29, 1.82) is 0 Å². The lowest BCUT2D eigenvalue weighted by atomic mass is 10.1. The third kappa shape index (κ3) is 2.86. The highest BCUT2D eigenvalue weighted by atomic mass is 35.5. The van der Waals surface area contributed by atoms with Gasteiger partial charge in [-0.05, 0) is 24.6 Å². The predicted molar refractivity (Wildman–Crippen MR) is 53.0 cm³/mol. The molecular weight excluding hydrogens is 193 g/mol. The van der Waals surface area contributed by atoms with Crippen LogP contribution in [0.4, 0.5) is 4.39 Å². The van der Waals surface area contributed by atoms with Gasteiger partial charge in [-0.3, -0.25) is 0 Å². The molecule has 2 N–H and O–H groups in total. The summed E-state index contributed by atoms with van der Waals surface area (Å²) >= 11 is 0. The third-order valence-electron chi connectivity index (χ3n) is 1.67. The lowest BCUT2D eigenvalue weighted by Gasteiger charge is -2.07. The highest BCUT2D eigenvalue weighted by Crippen LogP contribution is 2.21. The molecule has 0 radical (unpaired) electrons. The zero-order chi connectivity index (χ0) is 8.97. The summed E-state index contributed by atoms with van der Waals surface area (Å²) in [6.45, 7) is 0.500. The van der Waals surface area contributed by atoms with Gasteiger partial charge in [-0.25, -0.2) is 4.39 Å². The number of hydrogen-bond donors (Lipinski definition) is 1. The summed E-state index contributed by atoms with van der Waals surface area (Å²) in [5.74, 6) is -0.0219. The summed E-state index contributed by atoms with van der Waals surface area (Å²) < 4.78 is 17.9. The maximum absolute atomic E-state index is 13.0. The van der Waals surface area contributed by atoms with Crippen LogP contribution in [0.5, 0.6) is 5.75 Å². The van der Waals surface area contributed by atoms with Crippen LogP contribution in [0.1, 0.15) is 5.56 Å². The van der Waals surface area contributed by atoms with E-state index in [9.17, 15) is 4.39 Å². The fourth-order valence-electron chi connectivity index (χ4n) is 1.13. The van der Waals surface area contributed by atoms with Crippen molar-refractivity contribution < 1.29 is 9.13 Å². The van der Waals surface area contributed by atoms with Crippen LogP contribution in [0.15, 0.2) is 18.2 Å². The smallest absolute Gasteiger partial charge is 0.165 e. The zero-order valence-electron chi connectivity index (χ0n) is 7.42. The second-order valence-corrected chi connectivity index (χ2v) is 2.47. The van der Waals surface area contributed by atoms with E-state index in [0.29, 0.717) is 18.7 Å². The molecule has 0 saturated heterocycles. The summed E-state index contributed by atoms with van der Waals surface area (Å²) in [6, 6.07) is 4.84. The summed E-state index contributed by atoms with van der Waals surface area (Å²) in [5, 5.41) is 0. The Balaban J connectivity index is 0.00000144. The minimum Gasteiger partial charge on any atom is -0.493 e. The van der Waals surface area contributed by atoms with E-state index in [-0.39, 0.29) is 18.2 Å². The Morgan fingerprint density at radius 2 is 2.15 bits per heavy atom. The first-order valence-electron chi connectivity index (χ1n) is 3.81. The molecule has 0 aliphatic heterocycles. The Bertz CT molecular complexity index is 268. The van der Waals surface area contributed by atoms with Gasteiger partial charge in [0.05, 0.1) is 7.11 Å². The molecule has 1 aromatic rings. The molecule has 1 rings (SSSR count). The van der Waals surface area contributed by atoms with Crippen LogP contribution in [0.25, 0.3) is 0 Å². The van der Waals surface area contributed by atoms with Crippen LogP contribution in [-0.2, 0) is 6.42 Å². The topological polar surface area (TPSA) is 35.2 Å². The van der Waals surface area contributed by atoms with Crippen molar-refractivity contribution in [3.05, 3.63) is 29.6 Å². The number of hydrogen-bond acceptors (Lipinski definition) is 2. The Morgan fingerprint density at radius 3 is 2.69 bits per heavy atom. The molecule has 0 heterocycles. The van der Waals surface area contributed by atoms with E-state index in [2.05, 4.69) is 0 Å². The van der Waals surface area contributed by atoms with Crippen molar-refractivity contribution >= 4 is 12.4 Å². The largest absolute Gasteiger partial charge is 0.493 e. The fraction of sp³-hybridized carbons (Fsp3) is 0.333. The molecule has 1 aromatic carbocycles. The van der Waals surface area contributed by atoms with Crippen molar-refractivity contribution in [2.24, 2.45) is 5.73 Å². The van der Waals surface area contributed by atoms with Crippen molar-refractivity contribution in [3.63, 3.8) is 0 Å². The van der Waals surface area contributed by atoms with Gasteiger partial charge in [0.2, 0.25) is 0 Å². The second kappa shape index (κ2) is 5.78. The first kappa shape index (κ1) is 12.2. The maximum atomic E-state index is 13.0. The summed E-state index contributed by atoms with van der Waals surface area (Å²) in [5.41, 5.74) is 6.18. The minimum absolute atomic E-state index is 0. The molecule has 0 bridgehead atoms. The van der Waals surface area contributed by atoms with E-state index in [0.717, 1.165) is 5.56 Å². The second-order valence-electron chi connectivity index (χ2n) is 2.47. The van der Waals surface area contributed by atoms with E-state index in [1.165, 1.54) is 13.2 Å². The Kier molecular flexibility index (Phi) is 5.42. The molecule has 0 amide bonds. The van der Waals surface area contributed by atoms with E-state index < -0.39 is 0 Å². The SMILES string of the molecule is COc1c(F)cccc1CCN.Cl. The molecule has 0 aromatic heterocycles. The number of nitrogens with two attached hydrogens (primary N) is 1. The maximum Gasteiger partial charge on any atom is 0.165 e. The first-order valence-corrected chi connectivity index (χ1v) is 3.81. The van der Waals surface area contributed by atoms with Gasteiger partial charge in [0, 0.05) is 0 Å². The molecule has 0 saturated carbocycles. The summed E-state index contributed by atoms with van der Waals surface area (Å²) in [7, 11) is 1.46. The van der Waals surface area contributed by atoms with Gasteiger partial charge >= 0.3 is 0 Å². The van der Waals surface area contributed by atoms with Crippen molar-refractivity contribution in [2.75, 3.05) is 13.7 Å². The molecule has 0 aliphatic carbocycles. The van der Waals surface area contributed by atoms with Crippen LogP contribution < -0.4 is 10.5 Å². The van der Waals surface area contributed by atoms with Crippen molar-refractivity contribution in [1.82, 2.24) is 0 Å². The van der Waals surface area contributed by atoms with Crippen LogP contribution >= 0.6 is 12.4 Å². The molecule has 13 heavy (non-hydrogen) atoms. The highest BCUT2D eigenvalue weighted by Gasteiger charge is 2.06. The average molecular weight is 206 g/mol. The van der Waals surface area contributed by atoms with E-state index in [1.54, 1.807) is 6.07 Å². The van der Waals surface area contributed by atoms with E-state index in [4.69, 9.17) is 10.5 Å². The molecule has 2 nitrogen and oxygen atoms in total. The van der Waals surface area contributed by atoms with Crippen LogP contribution in [0.2, 0.25) is 0 Å². The van der Waals surface area contributed by atoms with Crippen LogP contribution in [-0.4, -0.2) is 13.7 Å². The first-order chi connectivity index (χ1) is 5.79. The minimum atomic E-state index is -0.330. The van der Waals surface area contributed by atoms with Crippen molar-refractivity contribution in [2.45, 2.75) is 6.42 Å². The molecule has 0 unspecified atom stereocenters. The lowest BCUT2D eigenvalue weighted by molar-refractivity contribution is 0.381. The van der Waals surface area contributed by atoms with Gasteiger partial charge in [-0.2, -0.15) is 0 Å². The number of para-hydroxylation sites is 1. The van der Waals surface area contributed by atoms with Gasteiger partial charge in [0.1, 0.15) is 0 Å². The third-order valence-corrected chi connectivity index (χ3v) is 1.67. The highest BCUT2D eigenvalue weighted by molar-refractivity contribution is 5.85. The standard InChI is InChI=1S/C9H12FNO.ClH/c1-12-9-7(5-6-11)3-2-4-8(9)10;/h2-4H,5-6,11H2,1H3;1H. The molecule has 0 spiro atoms. The quantitative estimate of drug-likeness (QED) is 0.816. The molecule has 0 fully saturated rings. The van der Waals surface area contributed by atoms with Gasteiger partial charge in [0.15, 0.2) is 11.6 Å². The molecule has 0 atom stereocenters. The average Bonchev–Trinajstić information content (AvgIpc) is 2.05. The van der Waals surface area contributed by atoms with Gasteiger partial charge < -0.3 is 10.5 Å². The number of ether oxygens (including phenoxy) is 1. The summed E-state index contributed by atoms with van der Waals surface area (Å²) in [6.07, 6.45) is 0.640. The molecule has 4 heteroatoms. The van der Waals surface area contributed by atoms with Crippen LogP contribution in [0, 0.1) is 5.82 Å². The van der Waals surface area contributed by atoms with Gasteiger partial charge in [0.25, 0.3) is 0 Å². The fourth-order valence-corrected chi connectivity index (χ4v) is 1.13. The number of rotatable bonds is 3. The number of methoxy groups -OCH3 is 1. The predicted octanol–water partition coefficient (Wildman–Crippen LogP) is 1.76. The number of halogens is 2. The lowest BCUT2D eigenvalue weighted by Crippen LogP contribution is -2.05. The molecule has 74 valence electrons. The van der Waals surface area contributed by atoms with Gasteiger partial charge in [-0.15, -0.1) is 12.4 Å². The Morgan fingerprint density at radius 1 is 1.46 bits per heavy atom.